The summed E-state index contributed by atoms with van der Waals surface area (Å²) in [6.07, 6.45) is 3.23. The van der Waals surface area contributed by atoms with E-state index in [9.17, 15) is 4.79 Å². The number of halogens is 1. The SMILES string of the molecule is CC1(C)C[C@H](C2=C(Br)[C@@H](N=[N+]=[N-])CCC2)OC1=O. The minimum atomic E-state index is -0.420. The summed E-state index contributed by atoms with van der Waals surface area (Å²) in [5.41, 5.74) is 9.20. The van der Waals surface area contributed by atoms with Gasteiger partial charge in [-0.05, 0) is 44.2 Å². The van der Waals surface area contributed by atoms with E-state index in [1.54, 1.807) is 0 Å². The van der Waals surface area contributed by atoms with E-state index in [4.69, 9.17) is 10.3 Å². The van der Waals surface area contributed by atoms with E-state index in [-0.39, 0.29) is 18.1 Å². The van der Waals surface area contributed by atoms with Gasteiger partial charge in [0.1, 0.15) is 6.10 Å². The van der Waals surface area contributed by atoms with Gasteiger partial charge in [0, 0.05) is 15.8 Å². The summed E-state index contributed by atoms with van der Waals surface area (Å²) in [5.74, 6) is -0.147. The molecule has 2 atom stereocenters. The quantitative estimate of drug-likeness (QED) is 0.336. The highest BCUT2D eigenvalue weighted by Gasteiger charge is 2.44. The van der Waals surface area contributed by atoms with Gasteiger partial charge < -0.3 is 4.74 Å². The van der Waals surface area contributed by atoms with Crippen molar-refractivity contribution in [3.8, 4) is 0 Å². The monoisotopic (exact) mass is 313 g/mol. The van der Waals surface area contributed by atoms with E-state index >= 15 is 0 Å². The Morgan fingerprint density at radius 3 is 2.83 bits per heavy atom. The van der Waals surface area contributed by atoms with Crippen molar-refractivity contribution >= 4 is 21.9 Å². The first kappa shape index (κ1) is 13.4. The Labute approximate surface area is 114 Å². The number of ether oxygens (including phenoxy) is 1. The molecule has 0 aromatic carbocycles. The molecule has 1 aliphatic carbocycles. The normalized spacial score (nSPS) is 30.9. The number of hydrogen-bond acceptors (Lipinski definition) is 3. The third kappa shape index (κ3) is 2.40. The summed E-state index contributed by atoms with van der Waals surface area (Å²) in [6.45, 7) is 3.80. The molecule has 1 heterocycles. The lowest BCUT2D eigenvalue weighted by Gasteiger charge is -2.25. The molecule has 1 fully saturated rings. The summed E-state index contributed by atoms with van der Waals surface area (Å²) in [6, 6.07) is -0.152. The van der Waals surface area contributed by atoms with Crippen molar-refractivity contribution in [1.29, 1.82) is 0 Å². The van der Waals surface area contributed by atoms with Gasteiger partial charge in [-0.2, -0.15) is 0 Å². The summed E-state index contributed by atoms with van der Waals surface area (Å²) in [4.78, 5) is 14.6. The van der Waals surface area contributed by atoms with Crippen LogP contribution in [-0.4, -0.2) is 18.1 Å². The first-order valence-corrected chi connectivity index (χ1v) is 6.89. The van der Waals surface area contributed by atoms with Gasteiger partial charge in [0.25, 0.3) is 0 Å². The molecule has 0 saturated carbocycles. The third-order valence-electron chi connectivity index (χ3n) is 3.60. The molecule has 1 saturated heterocycles. The van der Waals surface area contributed by atoms with Gasteiger partial charge >= 0.3 is 5.97 Å². The fourth-order valence-electron chi connectivity index (χ4n) is 2.50. The van der Waals surface area contributed by atoms with Gasteiger partial charge in [0.15, 0.2) is 0 Å². The standard InChI is InChI=1S/C12H16BrN3O2/c1-12(2)6-9(18-11(12)17)7-4-3-5-8(10(7)13)15-16-14/h8-9H,3-6H2,1-2H3/t8-,9+/m0/s1. The highest BCUT2D eigenvalue weighted by Crippen LogP contribution is 2.42. The van der Waals surface area contributed by atoms with Gasteiger partial charge in [0.05, 0.1) is 11.5 Å². The predicted octanol–water partition coefficient (Wildman–Crippen LogP) is 3.84. The lowest BCUT2D eigenvalue weighted by atomic mass is 9.84. The molecule has 0 aromatic heterocycles. The number of carbonyl (C=O) groups excluding carboxylic acids is 1. The van der Waals surface area contributed by atoms with Crippen molar-refractivity contribution in [3.63, 3.8) is 0 Å². The van der Waals surface area contributed by atoms with Gasteiger partial charge in [-0.1, -0.05) is 21.0 Å². The molecule has 5 nitrogen and oxygen atoms in total. The molecule has 0 radical (unpaired) electrons. The molecule has 6 heteroatoms. The number of cyclic esters (lactones) is 1. The van der Waals surface area contributed by atoms with Crippen LogP contribution >= 0.6 is 15.9 Å². The Balaban J connectivity index is 2.25. The van der Waals surface area contributed by atoms with Crippen LogP contribution in [0.2, 0.25) is 0 Å². The number of nitrogens with zero attached hydrogens (tertiary/aromatic N) is 3. The zero-order valence-corrected chi connectivity index (χ0v) is 12.1. The van der Waals surface area contributed by atoms with Crippen molar-refractivity contribution < 1.29 is 9.53 Å². The minimum absolute atomic E-state index is 0.147. The van der Waals surface area contributed by atoms with Crippen LogP contribution in [0.1, 0.15) is 39.5 Å². The number of rotatable bonds is 2. The average Bonchev–Trinajstić information content (AvgIpc) is 2.57. The molecule has 1 aliphatic heterocycles. The van der Waals surface area contributed by atoms with Gasteiger partial charge in [-0.25, -0.2) is 0 Å². The van der Waals surface area contributed by atoms with Crippen LogP contribution in [-0.2, 0) is 9.53 Å². The smallest absolute Gasteiger partial charge is 0.312 e. The maximum atomic E-state index is 11.7. The Kier molecular flexibility index (Phi) is 3.69. The fraction of sp³-hybridized carbons (Fsp3) is 0.750. The van der Waals surface area contributed by atoms with Crippen LogP contribution in [0.5, 0.6) is 0 Å². The average molecular weight is 314 g/mol. The van der Waals surface area contributed by atoms with Crippen LogP contribution in [0.3, 0.4) is 0 Å². The van der Waals surface area contributed by atoms with E-state index in [1.807, 2.05) is 13.8 Å². The first-order valence-electron chi connectivity index (χ1n) is 6.09. The maximum absolute atomic E-state index is 11.7. The van der Waals surface area contributed by atoms with Crippen LogP contribution < -0.4 is 0 Å². The fourth-order valence-corrected chi connectivity index (χ4v) is 3.28. The molecule has 2 rings (SSSR count). The van der Waals surface area contributed by atoms with Crippen LogP contribution in [0.15, 0.2) is 15.2 Å². The highest BCUT2D eigenvalue weighted by molar-refractivity contribution is 9.11. The topological polar surface area (TPSA) is 75.1 Å². The zero-order valence-electron chi connectivity index (χ0n) is 10.5. The Bertz CT molecular complexity index is 452. The van der Waals surface area contributed by atoms with Crippen molar-refractivity contribution in [2.24, 2.45) is 10.5 Å². The maximum Gasteiger partial charge on any atom is 0.312 e. The summed E-state index contributed by atoms with van der Waals surface area (Å²) < 4.78 is 6.36. The minimum Gasteiger partial charge on any atom is -0.457 e. The number of carbonyl (C=O) groups is 1. The van der Waals surface area contributed by atoms with Crippen LogP contribution in [0, 0.1) is 5.41 Å². The number of hydrogen-bond donors (Lipinski definition) is 0. The van der Waals surface area contributed by atoms with Gasteiger partial charge in [0.2, 0.25) is 0 Å². The molecule has 0 spiro atoms. The molecule has 98 valence electrons. The van der Waals surface area contributed by atoms with Gasteiger partial charge in [-0.3, -0.25) is 4.79 Å². The molecule has 0 bridgehead atoms. The second-order valence-corrected chi connectivity index (χ2v) is 6.32. The van der Waals surface area contributed by atoms with Crippen molar-refractivity contribution in [2.45, 2.75) is 51.7 Å². The predicted molar refractivity (Wildman–Crippen MR) is 71.0 cm³/mol. The molecule has 0 N–H and O–H groups in total. The number of esters is 1. The van der Waals surface area contributed by atoms with E-state index in [0.29, 0.717) is 6.42 Å². The van der Waals surface area contributed by atoms with Crippen molar-refractivity contribution in [2.75, 3.05) is 0 Å². The summed E-state index contributed by atoms with van der Waals surface area (Å²) in [5, 5.41) is 3.78. The molecular weight excluding hydrogens is 298 g/mol. The van der Waals surface area contributed by atoms with Crippen molar-refractivity contribution in [1.82, 2.24) is 0 Å². The first-order chi connectivity index (χ1) is 8.45. The molecule has 0 unspecified atom stereocenters. The van der Waals surface area contributed by atoms with Crippen molar-refractivity contribution in [3.05, 3.63) is 20.5 Å². The summed E-state index contributed by atoms with van der Waals surface area (Å²) >= 11 is 3.51. The van der Waals surface area contributed by atoms with E-state index in [2.05, 4.69) is 26.0 Å². The lowest BCUT2D eigenvalue weighted by Crippen LogP contribution is -2.20. The second kappa shape index (κ2) is 4.94. The third-order valence-corrected chi connectivity index (χ3v) is 4.64. The Morgan fingerprint density at radius 2 is 2.28 bits per heavy atom. The van der Waals surface area contributed by atoms with Crippen LogP contribution in [0.25, 0.3) is 10.4 Å². The molecule has 2 aliphatic rings. The van der Waals surface area contributed by atoms with E-state index in [0.717, 1.165) is 29.3 Å². The second-order valence-electron chi connectivity index (χ2n) is 5.47. The Morgan fingerprint density at radius 1 is 1.56 bits per heavy atom. The molecular formula is C12H16BrN3O2. The van der Waals surface area contributed by atoms with E-state index < -0.39 is 5.41 Å². The highest BCUT2D eigenvalue weighted by atomic mass is 79.9. The molecule has 18 heavy (non-hydrogen) atoms. The molecule has 0 amide bonds. The zero-order chi connectivity index (χ0) is 13.3. The molecule has 0 aromatic rings. The Hall–Kier alpha value is -1.00. The lowest BCUT2D eigenvalue weighted by molar-refractivity contribution is -0.146. The van der Waals surface area contributed by atoms with E-state index in [1.165, 1.54) is 0 Å². The van der Waals surface area contributed by atoms with Crippen LogP contribution in [0.4, 0.5) is 0 Å². The van der Waals surface area contributed by atoms with Gasteiger partial charge in [-0.15, -0.1) is 0 Å². The number of azide groups is 1. The largest absolute Gasteiger partial charge is 0.457 e. The summed E-state index contributed by atoms with van der Waals surface area (Å²) in [7, 11) is 0.